The zero-order chi connectivity index (χ0) is 20.8. The summed E-state index contributed by atoms with van der Waals surface area (Å²) >= 11 is 0. The highest BCUT2D eigenvalue weighted by molar-refractivity contribution is 7.89. The number of likely N-dealkylation sites (N-methyl/N-ethyl adjacent to an activating group) is 1. The zero-order valence-electron chi connectivity index (χ0n) is 15.8. The minimum absolute atomic E-state index is 0.136. The fraction of sp³-hybridized carbons (Fsp3) is 0.529. The van der Waals surface area contributed by atoms with Gasteiger partial charge in [0.1, 0.15) is 0 Å². The molecule has 0 aliphatic rings. The Hall–Kier alpha value is -2.07. The van der Waals surface area contributed by atoms with Crippen molar-refractivity contribution < 1.29 is 26.8 Å². The van der Waals surface area contributed by atoms with E-state index in [1.165, 1.54) is 4.90 Å². The number of benzene rings is 1. The minimum Gasteiger partial charge on any atom is -0.350 e. The molecule has 0 heterocycles. The molecule has 0 fully saturated rings. The summed E-state index contributed by atoms with van der Waals surface area (Å²) in [5.41, 5.74) is -0.431. The van der Waals surface area contributed by atoms with Gasteiger partial charge in [0.15, 0.2) is 11.6 Å². The molecule has 0 saturated heterocycles. The van der Waals surface area contributed by atoms with Crippen LogP contribution in [0, 0.1) is 11.6 Å². The number of carbonyl (C=O) groups excluding carboxylic acids is 2. The lowest BCUT2D eigenvalue weighted by Crippen LogP contribution is -2.47. The average molecular weight is 405 g/mol. The predicted molar refractivity (Wildman–Crippen MR) is 96.3 cm³/mol. The maximum absolute atomic E-state index is 13.2. The fourth-order valence-electron chi connectivity index (χ4n) is 2.19. The molecule has 1 aromatic carbocycles. The minimum atomic E-state index is -4.08. The highest BCUT2D eigenvalue weighted by Gasteiger charge is 2.21. The first-order chi connectivity index (χ1) is 12.4. The van der Waals surface area contributed by atoms with Crippen molar-refractivity contribution in [1.82, 2.24) is 14.9 Å². The molecule has 10 heteroatoms. The second-order valence-corrected chi connectivity index (χ2v) is 8.70. The Balaban J connectivity index is 2.61. The molecular formula is C17H25F2N3O4S. The molecule has 27 heavy (non-hydrogen) atoms. The van der Waals surface area contributed by atoms with Gasteiger partial charge in [-0.1, -0.05) is 0 Å². The van der Waals surface area contributed by atoms with Gasteiger partial charge >= 0.3 is 0 Å². The van der Waals surface area contributed by atoms with Crippen LogP contribution in [0.15, 0.2) is 23.1 Å². The lowest BCUT2D eigenvalue weighted by atomic mass is 10.1. The molecule has 0 unspecified atom stereocenters. The number of halogens is 2. The number of amides is 2. The monoisotopic (exact) mass is 405 g/mol. The zero-order valence-corrected chi connectivity index (χ0v) is 16.6. The second-order valence-electron chi connectivity index (χ2n) is 6.93. The maximum atomic E-state index is 13.2. The summed E-state index contributed by atoms with van der Waals surface area (Å²) in [6.45, 7) is 7.06. The van der Waals surface area contributed by atoms with Crippen molar-refractivity contribution >= 4 is 21.8 Å². The summed E-state index contributed by atoms with van der Waals surface area (Å²) in [6, 6.07) is 2.20. The van der Waals surface area contributed by atoms with Gasteiger partial charge in [0.2, 0.25) is 21.8 Å². The van der Waals surface area contributed by atoms with Gasteiger partial charge in [-0.05, 0) is 45.9 Å². The van der Waals surface area contributed by atoms with Gasteiger partial charge in [0.05, 0.1) is 11.4 Å². The Morgan fingerprint density at radius 1 is 1.15 bits per heavy atom. The molecule has 1 rings (SSSR count). The van der Waals surface area contributed by atoms with Gasteiger partial charge in [-0.3, -0.25) is 9.59 Å². The van der Waals surface area contributed by atoms with Gasteiger partial charge in [-0.2, -0.15) is 0 Å². The first kappa shape index (κ1) is 23.0. The molecule has 0 atom stereocenters. The summed E-state index contributed by atoms with van der Waals surface area (Å²) in [5, 5.41) is 2.74. The van der Waals surface area contributed by atoms with Crippen LogP contribution in [-0.2, 0) is 19.6 Å². The predicted octanol–water partition coefficient (Wildman–Crippen LogP) is 1.40. The van der Waals surface area contributed by atoms with E-state index in [2.05, 4.69) is 10.0 Å². The van der Waals surface area contributed by atoms with Gasteiger partial charge in [0.25, 0.3) is 0 Å². The fourth-order valence-corrected chi connectivity index (χ4v) is 3.23. The molecule has 0 radical (unpaired) electrons. The molecule has 2 amide bonds. The molecule has 152 valence electrons. The lowest BCUT2D eigenvalue weighted by molar-refractivity contribution is -0.136. The van der Waals surface area contributed by atoms with Gasteiger partial charge < -0.3 is 10.2 Å². The van der Waals surface area contributed by atoms with Crippen LogP contribution in [0.4, 0.5) is 8.78 Å². The molecule has 7 nitrogen and oxygen atoms in total. The third-order valence-electron chi connectivity index (χ3n) is 3.42. The van der Waals surface area contributed by atoms with E-state index in [4.69, 9.17) is 0 Å². The summed E-state index contributed by atoms with van der Waals surface area (Å²) in [5.74, 6) is -3.16. The topological polar surface area (TPSA) is 95.6 Å². The summed E-state index contributed by atoms with van der Waals surface area (Å²) in [7, 11) is -4.08. The summed E-state index contributed by atoms with van der Waals surface area (Å²) in [4.78, 5) is 25.0. The molecular weight excluding hydrogens is 380 g/mol. The van der Waals surface area contributed by atoms with E-state index in [-0.39, 0.29) is 32.0 Å². The Morgan fingerprint density at radius 3 is 2.30 bits per heavy atom. The number of nitrogens with zero attached hydrogens (tertiary/aromatic N) is 1. The molecule has 0 aliphatic heterocycles. The highest BCUT2D eigenvalue weighted by Crippen LogP contribution is 2.13. The van der Waals surface area contributed by atoms with Crippen molar-refractivity contribution in [2.45, 2.75) is 44.6 Å². The highest BCUT2D eigenvalue weighted by atomic mass is 32.2. The quantitative estimate of drug-likeness (QED) is 0.683. The molecule has 2 N–H and O–H groups in total. The SMILES string of the molecule is CCN(CC(=O)NC(C)(C)C)C(=O)CCNS(=O)(=O)c1ccc(F)c(F)c1. The van der Waals surface area contributed by atoms with E-state index in [0.717, 1.165) is 6.07 Å². The van der Waals surface area contributed by atoms with Crippen molar-refractivity contribution in [3.05, 3.63) is 29.8 Å². The van der Waals surface area contributed by atoms with Crippen LogP contribution in [0.25, 0.3) is 0 Å². The van der Waals surface area contributed by atoms with Gasteiger partial charge in [-0.15, -0.1) is 0 Å². The van der Waals surface area contributed by atoms with Crippen molar-refractivity contribution in [2.75, 3.05) is 19.6 Å². The van der Waals surface area contributed by atoms with Crippen LogP contribution in [0.5, 0.6) is 0 Å². The standard InChI is InChI=1S/C17H25F2N3O4S/c1-5-22(11-15(23)21-17(2,3)4)16(24)8-9-20-27(25,26)12-6-7-13(18)14(19)10-12/h6-7,10,20H,5,8-9,11H2,1-4H3,(H,21,23). The Morgan fingerprint density at radius 2 is 1.78 bits per heavy atom. The Kier molecular flexibility index (Phi) is 7.85. The molecule has 1 aromatic rings. The second kappa shape index (κ2) is 9.23. The maximum Gasteiger partial charge on any atom is 0.240 e. The summed E-state index contributed by atoms with van der Waals surface area (Å²) in [6.07, 6.45) is -0.181. The van der Waals surface area contributed by atoms with Gasteiger partial charge in [-0.25, -0.2) is 21.9 Å². The van der Waals surface area contributed by atoms with Crippen LogP contribution < -0.4 is 10.0 Å². The molecule has 0 aliphatic carbocycles. The van der Waals surface area contributed by atoms with E-state index < -0.39 is 38.0 Å². The number of carbonyl (C=O) groups is 2. The van der Waals surface area contributed by atoms with Crippen LogP contribution in [-0.4, -0.2) is 50.3 Å². The van der Waals surface area contributed by atoms with Crippen LogP contribution in [0.1, 0.15) is 34.1 Å². The number of hydrogen-bond donors (Lipinski definition) is 2. The molecule has 0 saturated carbocycles. The molecule has 0 aromatic heterocycles. The number of hydrogen-bond acceptors (Lipinski definition) is 4. The van der Waals surface area contributed by atoms with E-state index in [9.17, 15) is 26.8 Å². The first-order valence-corrected chi connectivity index (χ1v) is 9.87. The lowest BCUT2D eigenvalue weighted by Gasteiger charge is -2.25. The first-order valence-electron chi connectivity index (χ1n) is 8.39. The van der Waals surface area contributed by atoms with E-state index in [0.29, 0.717) is 12.1 Å². The smallest absolute Gasteiger partial charge is 0.240 e. The Labute approximate surface area is 158 Å². The average Bonchev–Trinajstić information content (AvgIpc) is 2.53. The Bertz CT molecular complexity index is 792. The van der Waals surface area contributed by atoms with E-state index in [1.807, 2.05) is 20.8 Å². The van der Waals surface area contributed by atoms with Crippen LogP contribution in [0.3, 0.4) is 0 Å². The number of sulfonamides is 1. The van der Waals surface area contributed by atoms with Crippen molar-refractivity contribution in [3.8, 4) is 0 Å². The third-order valence-corrected chi connectivity index (χ3v) is 4.87. The van der Waals surface area contributed by atoms with E-state index in [1.54, 1.807) is 6.92 Å². The molecule has 0 bridgehead atoms. The number of nitrogens with one attached hydrogen (secondary N) is 2. The van der Waals surface area contributed by atoms with Gasteiger partial charge in [0, 0.05) is 25.0 Å². The molecule has 0 spiro atoms. The van der Waals surface area contributed by atoms with Crippen molar-refractivity contribution in [2.24, 2.45) is 0 Å². The number of rotatable bonds is 8. The van der Waals surface area contributed by atoms with Crippen molar-refractivity contribution in [1.29, 1.82) is 0 Å². The van der Waals surface area contributed by atoms with E-state index >= 15 is 0 Å². The van der Waals surface area contributed by atoms with Crippen molar-refractivity contribution in [3.63, 3.8) is 0 Å². The van der Waals surface area contributed by atoms with Crippen LogP contribution in [0.2, 0.25) is 0 Å². The van der Waals surface area contributed by atoms with Crippen LogP contribution >= 0.6 is 0 Å². The largest absolute Gasteiger partial charge is 0.350 e. The summed E-state index contributed by atoms with van der Waals surface area (Å²) < 4.78 is 52.4. The normalized spacial score (nSPS) is 11.9. The third kappa shape index (κ3) is 7.59.